The molecule has 0 amide bonds. The first-order chi connectivity index (χ1) is 9.54. The molecule has 1 heterocycles. The van der Waals surface area contributed by atoms with Crippen LogP contribution in [-0.2, 0) is 6.42 Å². The predicted octanol–water partition coefficient (Wildman–Crippen LogP) is 4.33. The van der Waals surface area contributed by atoms with Crippen LogP contribution in [0.3, 0.4) is 0 Å². The third-order valence-corrected chi connectivity index (χ3v) is 4.27. The molecular weight excluding hydrogens is 389 g/mol. The van der Waals surface area contributed by atoms with Gasteiger partial charge in [-0.2, -0.15) is 0 Å². The van der Waals surface area contributed by atoms with E-state index < -0.39 is 6.04 Å². The summed E-state index contributed by atoms with van der Waals surface area (Å²) in [6, 6.07) is 8.26. The minimum Gasteiger partial charge on any atom is -0.493 e. The highest BCUT2D eigenvalue weighted by Crippen LogP contribution is 2.38. The standard InChI is InChI=1S/C15H12Br2FNO/c16-10-4-9(5-12(18)6-10)14(19)13-7-11(17)3-8-1-2-20-15(8)13/h3-7,14H,1-2,19H2. The van der Waals surface area contributed by atoms with Crippen LogP contribution in [0.1, 0.15) is 22.7 Å². The Morgan fingerprint density at radius 3 is 2.60 bits per heavy atom. The summed E-state index contributed by atoms with van der Waals surface area (Å²) in [5.74, 6) is 0.526. The first-order valence-electron chi connectivity index (χ1n) is 6.21. The summed E-state index contributed by atoms with van der Waals surface area (Å²) in [5, 5.41) is 0. The van der Waals surface area contributed by atoms with Gasteiger partial charge in [-0.1, -0.05) is 31.9 Å². The maximum absolute atomic E-state index is 13.5. The Morgan fingerprint density at radius 2 is 1.85 bits per heavy atom. The molecule has 0 radical (unpaired) electrons. The number of rotatable bonds is 2. The average molecular weight is 401 g/mol. The fourth-order valence-corrected chi connectivity index (χ4v) is 3.47. The first-order valence-corrected chi connectivity index (χ1v) is 7.80. The van der Waals surface area contributed by atoms with E-state index in [1.165, 1.54) is 12.1 Å². The SMILES string of the molecule is NC(c1cc(F)cc(Br)c1)c1cc(Br)cc2c1OCC2. The van der Waals surface area contributed by atoms with E-state index in [1.807, 2.05) is 18.2 Å². The highest BCUT2D eigenvalue weighted by molar-refractivity contribution is 9.10. The van der Waals surface area contributed by atoms with Crippen molar-refractivity contribution in [3.63, 3.8) is 0 Å². The van der Waals surface area contributed by atoms with Crippen molar-refractivity contribution in [3.8, 4) is 5.75 Å². The molecule has 0 fully saturated rings. The molecule has 0 aromatic heterocycles. The normalized spacial score (nSPS) is 14.8. The summed E-state index contributed by atoms with van der Waals surface area (Å²) < 4.78 is 20.8. The van der Waals surface area contributed by atoms with Gasteiger partial charge in [0.1, 0.15) is 11.6 Å². The predicted molar refractivity (Wildman–Crippen MR) is 83.5 cm³/mol. The topological polar surface area (TPSA) is 35.2 Å². The lowest BCUT2D eigenvalue weighted by atomic mass is 9.96. The summed E-state index contributed by atoms with van der Waals surface area (Å²) in [4.78, 5) is 0. The van der Waals surface area contributed by atoms with Gasteiger partial charge in [0.2, 0.25) is 0 Å². The Kier molecular flexibility index (Phi) is 3.84. The largest absolute Gasteiger partial charge is 0.493 e. The molecule has 1 aliphatic heterocycles. The zero-order chi connectivity index (χ0) is 14.3. The molecule has 2 nitrogen and oxygen atoms in total. The maximum Gasteiger partial charge on any atom is 0.127 e. The monoisotopic (exact) mass is 399 g/mol. The number of hydrogen-bond acceptors (Lipinski definition) is 2. The second-order valence-electron chi connectivity index (χ2n) is 4.76. The van der Waals surface area contributed by atoms with E-state index in [0.717, 1.165) is 27.8 Å². The van der Waals surface area contributed by atoms with Gasteiger partial charge in [0.25, 0.3) is 0 Å². The van der Waals surface area contributed by atoms with Gasteiger partial charge in [-0.05, 0) is 41.5 Å². The number of fused-ring (bicyclic) bond motifs is 1. The molecule has 0 aliphatic carbocycles. The lowest BCUT2D eigenvalue weighted by Crippen LogP contribution is -2.13. The second kappa shape index (κ2) is 5.47. The summed E-state index contributed by atoms with van der Waals surface area (Å²) >= 11 is 6.79. The third kappa shape index (κ3) is 2.62. The molecule has 3 rings (SSSR count). The molecule has 1 unspecified atom stereocenters. The maximum atomic E-state index is 13.5. The molecule has 0 saturated carbocycles. The lowest BCUT2D eigenvalue weighted by Gasteiger charge is -2.17. The molecule has 5 heteroatoms. The third-order valence-electron chi connectivity index (χ3n) is 3.36. The molecule has 1 aliphatic rings. The Hall–Kier alpha value is -0.910. The van der Waals surface area contributed by atoms with E-state index in [0.29, 0.717) is 16.6 Å². The minimum absolute atomic E-state index is 0.308. The van der Waals surface area contributed by atoms with E-state index in [9.17, 15) is 4.39 Å². The van der Waals surface area contributed by atoms with Crippen molar-refractivity contribution in [1.29, 1.82) is 0 Å². The number of benzene rings is 2. The molecular formula is C15H12Br2FNO. The number of ether oxygens (including phenoxy) is 1. The first kappa shape index (κ1) is 14.0. The zero-order valence-electron chi connectivity index (χ0n) is 10.5. The van der Waals surface area contributed by atoms with E-state index >= 15 is 0 Å². The molecule has 2 N–H and O–H groups in total. The van der Waals surface area contributed by atoms with Crippen LogP contribution in [0.25, 0.3) is 0 Å². The van der Waals surface area contributed by atoms with Gasteiger partial charge in [0.05, 0.1) is 12.6 Å². The van der Waals surface area contributed by atoms with E-state index in [4.69, 9.17) is 10.5 Å². The minimum atomic E-state index is -0.425. The number of nitrogens with two attached hydrogens (primary N) is 1. The van der Waals surface area contributed by atoms with Gasteiger partial charge in [-0.15, -0.1) is 0 Å². The number of halogens is 3. The van der Waals surface area contributed by atoms with E-state index in [2.05, 4.69) is 31.9 Å². The van der Waals surface area contributed by atoms with Crippen molar-refractivity contribution in [2.45, 2.75) is 12.5 Å². The molecule has 2 aromatic carbocycles. The summed E-state index contributed by atoms with van der Waals surface area (Å²) in [5.41, 5.74) is 9.04. The zero-order valence-corrected chi connectivity index (χ0v) is 13.7. The van der Waals surface area contributed by atoms with Crippen LogP contribution >= 0.6 is 31.9 Å². The molecule has 2 aromatic rings. The van der Waals surface area contributed by atoms with Crippen molar-refractivity contribution >= 4 is 31.9 Å². The van der Waals surface area contributed by atoms with Crippen LogP contribution in [0.5, 0.6) is 5.75 Å². The van der Waals surface area contributed by atoms with Crippen molar-refractivity contribution in [2.24, 2.45) is 5.73 Å². The lowest BCUT2D eigenvalue weighted by molar-refractivity contribution is 0.352. The van der Waals surface area contributed by atoms with Crippen LogP contribution in [0.2, 0.25) is 0 Å². The fourth-order valence-electron chi connectivity index (χ4n) is 2.46. The molecule has 20 heavy (non-hydrogen) atoms. The fraction of sp³-hybridized carbons (Fsp3) is 0.200. The highest BCUT2D eigenvalue weighted by Gasteiger charge is 2.22. The molecule has 0 saturated heterocycles. The van der Waals surface area contributed by atoms with Gasteiger partial charge in [-0.25, -0.2) is 4.39 Å². The van der Waals surface area contributed by atoms with Crippen LogP contribution in [-0.4, -0.2) is 6.61 Å². The average Bonchev–Trinajstić information content (AvgIpc) is 2.83. The summed E-state index contributed by atoms with van der Waals surface area (Å²) in [7, 11) is 0. The molecule has 0 bridgehead atoms. The smallest absolute Gasteiger partial charge is 0.127 e. The van der Waals surface area contributed by atoms with E-state index in [1.54, 1.807) is 0 Å². The van der Waals surface area contributed by atoms with Crippen molar-refractivity contribution in [3.05, 3.63) is 61.8 Å². The summed E-state index contributed by atoms with van der Waals surface area (Å²) in [6.45, 7) is 0.665. The van der Waals surface area contributed by atoms with Gasteiger partial charge < -0.3 is 10.5 Å². The van der Waals surface area contributed by atoms with Crippen LogP contribution in [0, 0.1) is 5.82 Å². The van der Waals surface area contributed by atoms with Crippen LogP contribution in [0.15, 0.2) is 39.3 Å². The van der Waals surface area contributed by atoms with Gasteiger partial charge in [-0.3, -0.25) is 0 Å². The second-order valence-corrected chi connectivity index (χ2v) is 6.59. The number of hydrogen-bond donors (Lipinski definition) is 1. The van der Waals surface area contributed by atoms with Gasteiger partial charge in [0, 0.05) is 20.9 Å². The summed E-state index contributed by atoms with van der Waals surface area (Å²) in [6.07, 6.45) is 0.876. The van der Waals surface area contributed by atoms with Crippen LogP contribution in [0.4, 0.5) is 4.39 Å². The van der Waals surface area contributed by atoms with Crippen molar-refractivity contribution in [1.82, 2.24) is 0 Å². The Balaban J connectivity index is 2.08. The highest BCUT2D eigenvalue weighted by atomic mass is 79.9. The quantitative estimate of drug-likeness (QED) is 0.813. The molecule has 1 atom stereocenters. The van der Waals surface area contributed by atoms with E-state index in [-0.39, 0.29) is 5.82 Å². The Bertz CT molecular complexity index is 655. The Labute approximate surface area is 133 Å². The van der Waals surface area contributed by atoms with Crippen molar-refractivity contribution < 1.29 is 9.13 Å². The van der Waals surface area contributed by atoms with Gasteiger partial charge >= 0.3 is 0 Å². The van der Waals surface area contributed by atoms with Crippen LogP contribution < -0.4 is 10.5 Å². The van der Waals surface area contributed by atoms with Gasteiger partial charge in [0.15, 0.2) is 0 Å². The molecule has 104 valence electrons. The Morgan fingerprint density at radius 1 is 1.10 bits per heavy atom. The molecule has 0 spiro atoms. The van der Waals surface area contributed by atoms with Crippen molar-refractivity contribution in [2.75, 3.05) is 6.61 Å².